The van der Waals surface area contributed by atoms with Crippen LogP contribution in [0.2, 0.25) is 0 Å². The van der Waals surface area contributed by atoms with Crippen LogP contribution in [0.15, 0.2) is 6.33 Å². The second kappa shape index (κ2) is 4.98. The van der Waals surface area contributed by atoms with Gasteiger partial charge in [-0.05, 0) is 0 Å². The van der Waals surface area contributed by atoms with Crippen LogP contribution in [0.1, 0.15) is 12.1 Å². The molecule has 2 heterocycles. The number of hydrogen-bond donors (Lipinski definition) is 4. The molecule has 1 aromatic rings. The Balaban J connectivity index is 2.12. The first-order chi connectivity index (χ1) is 8.52. The predicted molar refractivity (Wildman–Crippen MR) is 55.9 cm³/mol. The summed E-state index contributed by atoms with van der Waals surface area (Å²) in [6.07, 6.45) is -3.13. The van der Waals surface area contributed by atoms with Crippen LogP contribution in [0.4, 0.5) is 0 Å². The van der Waals surface area contributed by atoms with Crippen molar-refractivity contribution in [2.45, 2.75) is 31.0 Å². The van der Waals surface area contributed by atoms with Gasteiger partial charge in [0.2, 0.25) is 5.91 Å². The average Bonchev–Trinajstić information content (AvgIpc) is 2.86. The molecule has 0 aliphatic carbocycles. The zero-order chi connectivity index (χ0) is 13.3. The molecule has 0 unspecified atom stereocenters. The number of amides is 1. The smallest absolute Gasteiger partial charge is 0.225 e. The number of aliphatic hydroxyl groups is 3. The number of aliphatic hydroxyl groups excluding tert-OH is 3. The van der Waals surface area contributed by atoms with E-state index >= 15 is 0 Å². The van der Waals surface area contributed by atoms with E-state index in [1.165, 1.54) is 11.0 Å². The second-order valence-electron chi connectivity index (χ2n) is 4.01. The van der Waals surface area contributed by atoms with E-state index in [0.717, 1.165) is 0 Å². The van der Waals surface area contributed by atoms with Gasteiger partial charge in [0.25, 0.3) is 0 Å². The molecule has 18 heavy (non-hydrogen) atoms. The fourth-order valence-electron chi connectivity index (χ4n) is 1.77. The molecular weight excluding hydrogens is 244 g/mol. The summed E-state index contributed by atoms with van der Waals surface area (Å²) < 4.78 is 6.42. The molecular formula is C9H14N4O5. The molecule has 2 rings (SSSR count). The Bertz CT molecular complexity index is 436. The van der Waals surface area contributed by atoms with Crippen molar-refractivity contribution in [3.05, 3.63) is 12.2 Å². The lowest BCUT2D eigenvalue weighted by Crippen LogP contribution is -2.33. The molecule has 0 bridgehead atoms. The van der Waals surface area contributed by atoms with Crippen molar-refractivity contribution in [1.82, 2.24) is 14.8 Å². The van der Waals surface area contributed by atoms with E-state index in [1.54, 1.807) is 0 Å². The monoisotopic (exact) mass is 258 g/mol. The van der Waals surface area contributed by atoms with Crippen LogP contribution in [0.5, 0.6) is 0 Å². The van der Waals surface area contributed by atoms with Gasteiger partial charge < -0.3 is 25.8 Å². The van der Waals surface area contributed by atoms with E-state index in [0.29, 0.717) is 0 Å². The summed E-state index contributed by atoms with van der Waals surface area (Å²) in [5, 5.41) is 32.2. The van der Waals surface area contributed by atoms with E-state index in [9.17, 15) is 15.0 Å². The normalized spacial score (nSPS) is 31.7. The van der Waals surface area contributed by atoms with Crippen molar-refractivity contribution < 1.29 is 24.9 Å². The summed E-state index contributed by atoms with van der Waals surface area (Å²) in [4.78, 5) is 14.5. The van der Waals surface area contributed by atoms with E-state index in [-0.39, 0.29) is 12.2 Å². The van der Waals surface area contributed by atoms with E-state index in [4.69, 9.17) is 15.6 Å². The number of nitrogens with zero attached hydrogens (tertiary/aromatic N) is 3. The molecule has 1 amide bonds. The highest BCUT2D eigenvalue weighted by Gasteiger charge is 2.43. The third kappa shape index (κ3) is 2.34. The summed E-state index contributed by atoms with van der Waals surface area (Å²) in [5.41, 5.74) is 5.00. The number of carbonyl (C=O) groups is 1. The number of ether oxygens (including phenoxy) is 1. The number of hydrogen-bond acceptors (Lipinski definition) is 7. The lowest BCUT2D eigenvalue weighted by atomic mass is 10.1. The molecule has 9 nitrogen and oxygen atoms in total. The number of aromatic nitrogens is 3. The highest BCUT2D eigenvalue weighted by Crippen LogP contribution is 2.28. The van der Waals surface area contributed by atoms with Crippen molar-refractivity contribution in [3.63, 3.8) is 0 Å². The maximum atomic E-state index is 10.7. The third-order valence-corrected chi connectivity index (χ3v) is 2.67. The van der Waals surface area contributed by atoms with Gasteiger partial charge in [0, 0.05) is 0 Å². The van der Waals surface area contributed by atoms with E-state index in [1.807, 2.05) is 0 Å². The molecule has 0 aromatic carbocycles. The summed E-state index contributed by atoms with van der Waals surface area (Å²) >= 11 is 0. The SMILES string of the molecule is NC(=O)Cc1ncn([C@@H]2O[C@H](CO)[C@@H](O)[C@H]2O)n1. The Morgan fingerprint density at radius 1 is 1.50 bits per heavy atom. The standard InChI is InChI=1S/C9H14N4O5/c10-5(15)1-6-11-3-13(12-6)9-8(17)7(16)4(2-14)18-9/h3-4,7-9,14,16-17H,1-2H2,(H2,10,15)/t4-,7-,8-,9-/m1/s1. The first-order valence-corrected chi connectivity index (χ1v) is 5.33. The maximum Gasteiger partial charge on any atom is 0.225 e. The van der Waals surface area contributed by atoms with Gasteiger partial charge in [0.1, 0.15) is 24.6 Å². The third-order valence-electron chi connectivity index (χ3n) is 2.67. The van der Waals surface area contributed by atoms with Crippen LogP contribution in [0, 0.1) is 0 Å². The minimum Gasteiger partial charge on any atom is -0.394 e. The van der Waals surface area contributed by atoms with Gasteiger partial charge in [-0.15, -0.1) is 0 Å². The van der Waals surface area contributed by atoms with Gasteiger partial charge in [-0.3, -0.25) is 4.79 Å². The maximum absolute atomic E-state index is 10.7. The zero-order valence-electron chi connectivity index (χ0n) is 9.38. The molecule has 1 saturated heterocycles. The van der Waals surface area contributed by atoms with Crippen LogP contribution in [-0.2, 0) is 16.0 Å². The topological polar surface area (TPSA) is 144 Å². The molecule has 100 valence electrons. The van der Waals surface area contributed by atoms with Crippen molar-refractivity contribution in [2.24, 2.45) is 5.73 Å². The minimum atomic E-state index is -1.23. The quantitative estimate of drug-likeness (QED) is 0.448. The molecule has 9 heteroatoms. The summed E-state index contributed by atoms with van der Waals surface area (Å²) in [6.45, 7) is -0.419. The van der Waals surface area contributed by atoms with Crippen molar-refractivity contribution in [2.75, 3.05) is 6.61 Å². The molecule has 0 radical (unpaired) electrons. The second-order valence-corrected chi connectivity index (χ2v) is 4.01. The van der Waals surface area contributed by atoms with Crippen LogP contribution in [0.25, 0.3) is 0 Å². The highest BCUT2D eigenvalue weighted by molar-refractivity contribution is 5.75. The Kier molecular flexibility index (Phi) is 3.57. The molecule has 0 spiro atoms. The van der Waals surface area contributed by atoms with Gasteiger partial charge in [0.15, 0.2) is 12.1 Å². The first kappa shape index (κ1) is 12.9. The van der Waals surface area contributed by atoms with Crippen LogP contribution in [0.3, 0.4) is 0 Å². The van der Waals surface area contributed by atoms with Crippen molar-refractivity contribution in [3.8, 4) is 0 Å². The zero-order valence-corrected chi connectivity index (χ0v) is 9.38. The van der Waals surface area contributed by atoms with Gasteiger partial charge in [-0.25, -0.2) is 9.67 Å². The highest BCUT2D eigenvalue weighted by atomic mass is 16.6. The lowest BCUT2D eigenvalue weighted by Gasteiger charge is -2.13. The van der Waals surface area contributed by atoms with E-state index in [2.05, 4.69) is 10.1 Å². The molecule has 1 aliphatic heterocycles. The summed E-state index contributed by atoms with van der Waals surface area (Å²) in [7, 11) is 0. The molecule has 0 saturated carbocycles. The van der Waals surface area contributed by atoms with E-state index < -0.39 is 37.1 Å². The summed E-state index contributed by atoms with van der Waals surface area (Å²) in [6, 6.07) is 0. The summed E-state index contributed by atoms with van der Waals surface area (Å²) in [5.74, 6) is -0.380. The van der Waals surface area contributed by atoms with Gasteiger partial charge in [-0.1, -0.05) is 0 Å². The van der Waals surface area contributed by atoms with Gasteiger partial charge >= 0.3 is 0 Å². The molecule has 1 aromatic heterocycles. The number of nitrogens with two attached hydrogens (primary N) is 1. The lowest BCUT2D eigenvalue weighted by molar-refractivity contribution is -0.117. The fourth-order valence-corrected chi connectivity index (χ4v) is 1.77. The molecule has 1 fully saturated rings. The Labute approximate surface area is 102 Å². The van der Waals surface area contributed by atoms with Gasteiger partial charge in [-0.2, -0.15) is 5.10 Å². The first-order valence-electron chi connectivity index (χ1n) is 5.33. The van der Waals surface area contributed by atoms with Crippen molar-refractivity contribution in [1.29, 1.82) is 0 Å². The number of carbonyl (C=O) groups excluding carboxylic acids is 1. The van der Waals surface area contributed by atoms with Gasteiger partial charge in [0.05, 0.1) is 13.0 Å². The predicted octanol–water partition coefficient (Wildman–Crippen LogP) is -3.08. The Hall–Kier alpha value is -1.55. The van der Waals surface area contributed by atoms with Crippen LogP contribution < -0.4 is 5.73 Å². The average molecular weight is 258 g/mol. The Morgan fingerprint density at radius 3 is 2.78 bits per heavy atom. The minimum absolute atomic E-state index is 0.123. The molecule has 4 atom stereocenters. The largest absolute Gasteiger partial charge is 0.394 e. The number of rotatable bonds is 4. The van der Waals surface area contributed by atoms with Crippen LogP contribution >= 0.6 is 0 Å². The molecule has 1 aliphatic rings. The van der Waals surface area contributed by atoms with Crippen LogP contribution in [-0.4, -0.2) is 60.9 Å². The van der Waals surface area contributed by atoms with Crippen molar-refractivity contribution >= 4 is 5.91 Å². The molecule has 5 N–H and O–H groups in total. The number of primary amides is 1. The Morgan fingerprint density at radius 2 is 2.22 bits per heavy atom. The fraction of sp³-hybridized carbons (Fsp3) is 0.667.